The number of aromatic nitrogens is 2. The molecule has 0 N–H and O–H groups in total. The van der Waals surface area contributed by atoms with Crippen LogP contribution in [0.1, 0.15) is 17.7 Å². The van der Waals surface area contributed by atoms with E-state index in [0.717, 1.165) is 6.20 Å². The van der Waals surface area contributed by atoms with Gasteiger partial charge in [-0.05, 0) is 0 Å². The topological polar surface area (TPSA) is 39.4 Å². The first-order chi connectivity index (χ1) is 7.97. The van der Waals surface area contributed by atoms with Gasteiger partial charge in [0, 0.05) is 25.4 Å². The van der Waals surface area contributed by atoms with E-state index in [-0.39, 0.29) is 11.4 Å². The maximum absolute atomic E-state index is 12.6. The molecule has 4 nitrogen and oxygen atoms in total. The molecule has 0 aromatic carbocycles. The average Bonchev–Trinajstić information content (AvgIpc) is 2.82. The smallest absolute Gasteiger partial charge is 0.395 e. The zero-order valence-electron chi connectivity index (χ0n) is 8.99. The van der Waals surface area contributed by atoms with Crippen LogP contribution in [-0.4, -0.2) is 21.4 Å². The second-order valence-electron chi connectivity index (χ2n) is 3.52. The van der Waals surface area contributed by atoms with Gasteiger partial charge in [-0.15, -0.1) is 11.8 Å². The van der Waals surface area contributed by atoms with Crippen LogP contribution < -0.4 is 0 Å². The first-order valence-corrected chi connectivity index (χ1v) is 5.87. The Morgan fingerprint density at radius 3 is 2.88 bits per heavy atom. The highest BCUT2D eigenvalue weighted by Crippen LogP contribution is 2.33. The van der Waals surface area contributed by atoms with Crippen molar-refractivity contribution in [2.75, 3.05) is 6.61 Å². The van der Waals surface area contributed by atoms with Gasteiger partial charge in [0.25, 0.3) is 0 Å². The number of thioether (sulfide) groups is 1. The molecule has 1 aliphatic heterocycles. The lowest BCUT2D eigenvalue weighted by molar-refractivity contribution is -0.138. The summed E-state index contributed by atoms with van der Waals surface area (Å²) in [6.45, 7) is 0.497. The molecule has 0 amide bonds. The molecule has 94 valence electrons. The molecular formula is C9H10F3N3OS. The summed E-state index contributed by atoms with van der Waals surface area (Å²) in [5, 5.41) is 8.24. The van der Waals surface area contributed by atoms with Crippen LogP contribution in [0, 0.1) is 0 Å². The Labute approximate surface area is 99.8 Å². The Morgan fingerprint density at radius 2 is 2.29 bits per heavy atom. The number of halogens is 3. The molecule has 2 heterocycles. The molecule has 0 unspecified atom stereocenters. The lowest BCUT2D eigenvalue weighted by Crippen LogP contribution is -2.07. The maximum Gasteiger partial charge on any atom is 0.419 e. The van der Waals surface area contributed by atoms with E-state index in [1.165, 1.54) is 23.5 Å². The first-order valence-electron chi connectivity index (χ1n) is 4.88. The van der Waals surface area contributed by atoms with E-state index in [1.54, 1.807) is 0 Å². The second kappa shape index (κ2) is 4.59. The summed E-state index contributed by atoms with van der Waals surface area (Å²) in [5.74, 6) is 0.151. The van der Waals surface area contributed by atoms with Crippen molar-refractivity contribution in [3.8, 4) is 0 Å². The minimum absolute atomic E-state index is 0.0274. The Balaban J connectivity index is 2.09. The van der Waals surface area contributed by atoms with Gasteiger partial charge >= 0.3 is 6.18 Å². The summed E-state index contributed by atoms with van der Waals surface area (Å²) in [6, 6.07) is 0. The molecule has 0 spiro atoms. The average molecular weight is 265 g/mol. The summed E-state index contributed by atoms with van der Waals surface area (Å²) in [5.41, 5.74) is -0.661. The van der Waals surface area contributed by atoms with Crippen molar-refractivity contribution in [1.82, 2.24) is 9.78 Å². The van der Waals surface area contributed by atoms with Gasteiger partial charge in [0.15, 0.2) is 0 Å². The molecule has 0 atom stereocenters. The number of nitrogens with zero attached hydrogens (tertiary/aromatic N) is 3. The van der Waals surface area contributed by atoms with Gasteiger partial charge in [-0.25, -0.2) is 0 Å². The van der Waals surface area contributed by atoms with Gasteiger partial charge in [-0.3, -0.25) is 4.68 Å². The molecule has 1 aromatic heterocycles. The van der Waals surface area contributed by atoms with Crippen LogP contribution in [0.3, 0.4) is 0 Å². The third kappa shape index (κ3) is 2.93. The number of hydrogen-bond donors (Lipinski definition) is 0. The van der Waals surface area contributed by atoms with Crippen LogP contribution in [0.25, 0.3) is 0 Å². The van der Waals surface area contributed by atoms with E-state index in [2.05, 4.69) is 10.3 Å². The molecule has 0 saturated heterocycles. The first kappa shape index (κ1) is 12.3. The predicted molar refractivity (Wildman–Crippen MR) is 57.5 cm³/mol. The third-order valence-electron chi connectivity index (χ3n) is 2.16. The minimum Gasteiger partial charge on any atom is -0.395 e. The molecule has 0 fully saturated rings. The van der Waals surface area contributed by atoms with Crippen molar-refractivity contribution in [1.29, 1.82) is 0 Å². The predicted octanol–water partition coefficient (Wildman–Crippen LogP) is 2.41. The monoisotopic (exact) mass is 265 g/mol. The number of rotatable bonds is 2. The fourth-order valence-corrected chi connectivity index (χ4v) is 2.27. The Kier molecular flexibility index (Phi) is 3.32. The Hall–Kier alpha value is -1.18. The Morgan fingerprint density at radius 1 is 1.53 bits per heavy atom. The lowest BCUT2D eigenvalue weighted by Gasteiger charge is -2.05. The zero-order chi connectivity index (χ0) is 12.5. The minimum atomic E-state index is -4.36. The molecule has 8 heteroatoms. The molecule has 0 saturated carbocycles. The van der Waals surface area contributed by atoms with Crippen LogP contribution in [-0.2, 0) is 23.8 Å². The quantitative estimate of drug-likeness (QED) is 0.824. The third-order valence-corrected chi connectivity index (χ3v) is 3.19. The van der Waals surface area contributed by atoms with Crippen LogP contribution in [0.15, 0.2) is 11.4 Å². The molecule has 0 aliphatic carbocycles. The van der Waals surface area contributed by atoms with Gasteiger partial charge in [0.05, 0.1) is 11.3 Å². The van der Waals surface area contributed by atoms with E-state index >= 15 is 0 Å². The summed E-state index contributed by atoms with van der Waals surface area (Å²) < 4.78 is 39.1. The highest BCUT2D eigenvalue weighted by molar-refractivity contribution is 8.13. The zero-order valence-corrected chi connectivity index (χ0v) is 9.81. The highest BCUT2D eigenvalue weighted by atomic mass is 32.2. The highest BCUT2D eigenvalue weighted by Gasteiger charge is 2.35. The van der Waals surface area contributed by atoms with E-state index < -0.39 is 11.7 Å². The molecule has 0 radical (unpaired) electrons. The summed E-state index contributed by atoms with van der Waals surface area (Å²) in [7, 11) is 1.47. The SMILES string of the molecule is Cn1cc(C(F)(F)F)c(CSC2=NOCC2)n1. The van der Waals surface area contributed by atoms with Crippen LogP contribution >= 0.6 is 11.8 Å². The van der Waals surface area contributed by atoms with Crippen molar-refractivity contribution in [2.24, 2.45) is 12.2 Å². The number of hydrogen-bond acceptors (Lipinski definition) is 4. The standard InChI is InChI=1S/C9H10F3N3OS/c1-15-4-6(9(10,11)12)7(13-15)5-17-8-2-3-16-14-8/h4H,2-3,5H2,1H3. The lowest BCUT2D eigenvalue weighted by atomic mass is 10.2. The van der Waals surface area contributed by atoms with E-state index in [1.807, 2.05) is 0 Å². The normalized spacial score (nSPS) is 15.9. The summed E-state index contributed by atoms with van der Waals surface area (Å²) in [6.07, 6.45) is -2.72. The second-order valence-corrected chi connectivity index (χ2v) is 4.57. The molecule has 0 bridgehead atoms. The van der Waals surface area contributed by atoms with Crippen molar-refractivity contribution in [2.45, 2.75) is 18.3 Å². The van der Waals surface area contributed by atoms with Crippen LogP contribution in [0.5, 0.6) is 0 Å². The fraction of sp³-hybridized carbons (Fsp3) is 0.556. The Bertz CT molecular complexity index is 441. The van der Waals surface area contributed by atoms with Crippen molar-refractivity contribution in [3.63, 3.8) is 0 Å². The van der Waals surface area contributed by atoms with Crippen LogP contribution in [0.2, 0.25) is 0 Å². The summed E-state index contributed by atoms with van der Waals surface area (Å²) >= 11 is 1.23. The van der Waals surface area contributed by atoms with Crippen molar-refractivity contribution in [3.05, 3.63) is 17.5 Å². The molecule has 2 rings (SSSR count). The van der Waals surface area contributed by atoms with Gasteiger partial charge in [-0.2, -0.15) is 18.3 Å². The largest absolute Gasteiger partial charge is 0.419 e. The fourth-order valence-electron chi connectivity index (χ4n) is 1.42. The van der Waals surface area contributed by atoms with Crippen molar-refractivity contribution < 1.29 is 18.0 Å². The van der Waals surface area contributed by atoms with Gasteiger partial charge in [0.2, 0.25) is 0 Å². The van der Waals surface area contributed by atoms with Gasteiger partial charge in [0.1, 0.15) is 11.7 Å². The van der Waals surface area contributed by atoms with Crippen molar-refractivity contribution >= 4 is 16.8 Å². The molecule has 17 heavy (non-hydrogen) atoms. The van der Waals surface area contributed by atoms with E-state index in [9.17, 15) is 13.2 Å². The van der Waals surface area contributed by atoms with Gasteiger partial charge in [-0.1, -0.05) is 5.16 Å². The molecular weight excluding hydrogens is 255 g/mol. The summed E-state index contributed by atoms with van der Waals surface area (Å²) in [4.78, 5) is 4.77. The van der Waals surface area contributed by atoms with E-state index in [4.69, 9.17) is 4.84 Å². The number of alkyl halides is 3. The number of aryl methyl sites for hydroxylation is 1. The van der Waals surface area contributed by atoms with Gasteiger partial charge < -0.3 is 4.84 Å². The van der Waals surface area contributed by atoms with Crippen LogP contribution in [0.4, 0.5) is 13.2 Å². The number of oxime groups is 1. The molecule has 1 aromatic rings. The molecule has 1 aliphatic rings. The van der Waals surface area contributed by atoms with E-state index in [0.29, 0.717) is 18.1 Å². The maximum atomic E-state index is 12.6.